The summed E-state index contributed by atoms with van der Waals surface area (Å²) in [4.78, 5) is 15.0. The van der Waals surface area contributed by atoms with E-state index in [4.69, 9.17) is 15.0 Å². The molecule has 0 atom stereocenters. The van der Waals surface area contributed by atoms with Gasteiger partial charge in [-0.1, -0.05) is 194 Å². The molecule has 0 aliphatic heterocycles. The molecule has 3 heteroatoms. The van der Waals surface area contributed by atoms with Crippen molar-refractivity contribution in [2.24, 2.45) is 0 Å². The SMILES string of the molecule is c1ccc(-c2ccc(-c3nc(-c4ccccc4)nc(-c4ccc(-c5c(-c6ccc7ccc8ccccc8c7c6)ccc6ccccc56)cc4)n3)cc2)cc1. The predicted molar refractivity (Wildman–Crippen MR) is 225 cm³/mol. The van der Waals surface area contributed by atoms with Crippen molar-refractivity contribution in [3.8, 4) is 67.5 Å². The first-order valence-electron chi connectivity index (χ1n) is 18.3. The van der Waals surface area contributed by atoms with Crippen LogP contribution in [-0.2, 0) is 0 Å². The molecule has 252 valence electrons. The van der Waals surface area contributed by atoms with Gasteiger partial charge in [0.05, 0.1) is 0 Å². The highest BCUT2D eigenvalue weighted by molar-refractivity contribution is 6.10. The summed E-state index contributed by atoms with van der Waals surface area (Å²) in [6.07, 6.45) is 0. The average molecular weight is 688 g/mol. The summed E-state index contributed by atoms with van der Waals surface area (Å²) in [6, 6.07) is 70.7. The van der Waals surface area contributed by atoms with Crippen LogP contribution in [0.1, 0.15) is 0 Å². The molecule has 54 heavy (non-hydrogen) atoms. The summed E-state index contributed by atoms with van der Waals surface area (Å²) in [5, 5.41) is 7.44. The highest BCUT2D eigenvalue weighted by Gasteiger charge is 2.16. The second-order valence-electron chi connectivity index (χ2n) is 13.6. The van der Waals surface area contributed by atoms with E-state index in [1.807, 2.05) is 36.4 Å². The lowest BCUT2D eigenvalue weighted by Gasteiger charge is -2.16. The zero-order valence-electron chi connectivity index (χ0n) is 29.4. The minimum absolute atomic E-state index is 0.636. The Morgan fingerprint density at radius 3 is 1.26 bits per heavy atom. The van der Waals surface area contributed by atoms with Crippen LogP contribution in [0.3, 0.4) is 0 Å². The maximum Gasteiger partial charge on any atom is 0.164 e. The first-order chi connectivity index (χ1) is 26.7. The van der Waals surface area contributed by atoms with Crippen LogP contribution < -0.4 is 0 Å². The summed E-state index contributed by atoms with van der Waals surface area (Å²) in [5.41, 5.74) is 9.88. The molecular weight excluding hydrogens is 655 g/mol. The van der Waals surface area contributed by atoms with Gasteiger partial charge < -0.3 is 0 Å². The molecule has 0 amide bonds. The van der Waals surface area contributed by atoms with Crippen molar-refractivity contribution in [3.05, 3.63) is 200 Å². The average Bonchev–Trinajstić information content (AvgIpc) is 3.26. The second-order valence-corrected chi connectivity index (χ2v) is 13.6. The van der Waals surface area contributed by atoms with Gasteiger partial charge in [0, 0.05) is 16.7 Å². The number of aromatic nitrogens is 3. The third-order valence-electron chi connectivity index (χ3n) is 10.3. The molecule has 3 nitrogen and oxygen atoms in total. The number of benzene rings is 9. The van der Waals surface area contributed by atoms with Gasteiger partial charge in [0.25, 0.3) is 0 Å². The normalized spacial score (nSPS) is 11.3. The summed E-state index contributed by atoms with van der Waals surface area (Å²) in [5.74, 6) is 1.92. The van der Waals surface area contributed by atoms with E-state index < -0.39 is 0 Å². The Morgan fingerprint density at radius 2 is 0.630 bits per heavy atom. The van der Waals surface area contributed by atoms with Crippen LogP contribution in [-0.4, -0.2) is 15.0 Å². The molecule has 1 heterocycles. The van der Waals surface area contributed by atoms with Gasteiger partial charge in [-0.25, -0.2) is 15.0 Å². The molecule has 10 aromatic rings. The zero-order valence-corrected chi connectivity index (χ0v) is 29.4. The predicted octanol–water partition coefficient (Wildman–Crippen LogP) is 13.3. The van der Waals surface area contributed by atoms with E-state index in [1.165, 1.54) is 54.6 Å². The van der Waals surface area contributed by atoms with Crippen molar-refractivity contribution in [2.45, 2.75) is 0 Å². The standard InChI is InChI=1S/C51H33N3/c1-3-11-34(12-4-1)35-19-26-41(27-20-35)50-52-49(40-15-5-2-6-16-40)53-51(54-50)42-28-24-39(25-29-42)48-45-18-10-8-14-37(45)31-32-46(48)43-30-23-38-22-21-36-13-7-9-17-44(36)47(38)33-43/h1-33H. The van der Waals surface area contributed by atoms with Crippen molar-refractivity contribution in [2.75, 3.05) is 0 Å². The summed E-state index contributed by atoms with van der Waals surface area (Å²) < 4.78 is 0. The molecule has 0 spiro atoms. The van der Waals surface area contributed by atoms with Crippen molar-refractivity contribution < 1.29 is 0 Å². The third-order valence-corrected chi connectivity index (χ3v) is 10.3. The molecule has 0 saturated carbocycles. The molecule has 0 bridgehead atoms. The van der Waals surface area contributed by atoms with Crippen LogP contribution in [0.4, 0.5) is 0 Å². The van der Waals surface area contributed by atoms with Gasteiger partial charge in [-0.15, -0.1) is 0 Å². The van der Waals surface area contributed by atoms with E-state index in [-0.39, 0.29) is 0 Å². The Labute approximate surface area is 313 Å². The molecule has 9 aromatic carbocycles. The van der Waals surface area contributed by atoms with Crippen LogP contribution >= 0.6 is 0 Å². The van der Waals surface area contributed by atoms with Gasteiger partial charge in [0.15, 0.2) is 17.5 Å². The molecule has 0 fully saturated rings. The van der Waals surface area contributed by atoms with Crippen molar-refractivity contribution in [1.82, 2.24) is 15.0 Å². The van der Waals surface area contributed by atoms with Crippen LogP contribution in [0.5, 0.6) is 0 Å². The zero-order chi connectivity index (χ0) is 35.8. The summed E-state index contributed by atoms with van der Waals surface area (Å²) >= 11 is 0. The molecule has 0 aliphatic carbocycles. The fraction of sp³-hybridized carbons (Fsp3) is 0. The van der Waals surface area contributed by atoms with E-state index in [9.17, 15) is 0 Å². The lowest BCUT2D eigenvalue weighted by atomic mass is 9.88. The van der Waals surface area contributed by atoms with Gasteiger partial charge in [-0.3, -0.25) is 0 Å². The van der Waals surface area contributed by atoms with Gasteiger partial charge in [-0.05, 0) is 71.8 Å². The number of rotatable bonds is 6. The molecule has 1 aromatic heterocycles. The highest BCUT2D eigenvalue weighted by atomic mass is 15.0. The third kappa shape index (κ3) is 5.78. The number of hydrogen-bond acceptors (Lipinski definition) is 3. The maximum absolute atomic E-state index is 5.05. The smallest absolute Gasteiger partial charge is 0.164 e. The summed E-state index contributed by atoms with van der Waals surface area (Å²) in [7, 11) is 0. The van der Waals surface area contributed by atoms with Gasteiger partial charge >= 0.3 is 0 Å². The minimum atomic E-state index is 0.636. The van der Waals surface area contributed by atoms with Crippen molar-refractivity contribution in [3.63, 3.8) is 0 Å². The van der Waals surface area contributed by atoms with E-state index >= 15 is 0 Å². The van der Waals surface area contributed by atoms with Crippen LogP contribution in [0.25, 0.3) is 99.9 Å². The lowest BCUT2D eigenvalue weighted by molar-refractivity contribution is 1.07. The number of fused-ring (bicyclic) bond motifs is 4. The summed E-state index contributed by atoms with van der Waals surface area (Å²) in [6.45, 7) is 0. The lowest BCUT2D eigenvalue weighted by Crippen LogP contribution is -2.00. The molecular formula is C51H33N3. The van der Waals surface area contributed by atoms with Gasteiger partial charge in [0.1, 0.15) is 0 Å². The highest BCUT2D eigenvalue weighted by Crippen LogP contribution is 2.40. The Hall–Kier alpha value is -7.23. The van der Waals surface area contributed by atoms with Gasteiger partial charge in [0.2, 0.25) is 0 Å². The Balaban J connectivity index is 1.08. The van der Waals surface area contributed by atoms with Crippen molar-refractivity contribution in [1.29, 1.82) is 0 Å². The fourth-order valence-electron chi connectivity index (χ4n) is 7.57. The minimum Gasteiger partial charge on any atom is -0.208 e. The largest absolute Gasteiger partial charge is 0.208 e. The molecule has 0 unspecified atom stereocenters. The Bertz CT molecular complexity index is 2950. The molecule has 10 rings (SSSR count). The van der Waals surface area contributed by atoms with Crippen LogP contribution in [0, 0.1) is 0 Å². The second kappa shape index (κ2) is 13.4. The molecule has 0 radical (unpaired) electrons. The number of nitrogens with zero attached hydrogens (tertiary/aromatic N) is 3. The molecule has 0 N–H and O–H groups in total. The quantitative estimate of drug-likeness (QED) is 0.163. The van der Waals surface area contributed by atoms with E-state index in [0.717, 1.165) is 27.8 Å². The van der Waals surface area contributed by atoms with E-state index in [2.05, 4.69) is 164 Å². The first-order valence-corrected chi connectivity index (χ1v) is 18.3. The maximum atomic E-state index is 5.05. The van der Waals surface area contributed by atoms with Crippen molar-refractivity contribution >= 4 is 32.3 Å². The topological polar surface area (TPSA) is 38.7 Å². The van der Waals surface area contributed by atoms with Crippen LogP contribution in [0.2, 0.25) is 0 Å². The number of hydrogen-bond donors (Lipinski definition) is 0. The monoisotopic (exact) mass is 687 g/mol. The van der Waals surface area contributed by atoms with Gasteiger partial charge in [-0.2, -0.15) is 0 Å². The van der Waals surface area contributed by atoms with E-state index in [0.29, 0.717) is 17.5 Å². The van der Waals surface area contributed by atoms with Crippen LogP contribution in [0.15, 0.2) is 200 Å². The molecule has 0 aliphatic rings. The van der Waals surface area contributed by atoms with E-state index in [1.54, 1.807) is 0 Å². The first kappa shape index (κ1) is 31.5. The fourth-order valence-corrected chi connectivity index (χ4v) is 7.57. The Kier molecular flexibility index (Phi) is 7.81. The molecule has 0 saturated heterocycles. The Morgan fingerprint density at radius 1 is 0.241 bits per heavy atom.